The molecular formula is C21H28N4O2. The van der Waals surface area contributed by atoms with Crippen molar-refractivity contribution in [1.29, 1.82) is 0 Å². The lowest BCUT2D eigenvalue weighted by Crippen LogP contribution is -2.56. The summed E-state index contributed by atoms with van der Waals surface area (Å²) in [4.78, 5) is 19.4. The average molecular weight is 368 g/mol. The number of pyridine rings is 1. The van der Waals surface area contributed by atoms with E-state index in [-0.39, 0.29) is 17.6 Å². The summed E-state index contributed by atoms with van der Waals surface area (Å²) >= 11 is 0. The maximum Gasteiger partial charge on any atom is 0.315 e. The molecule has 1 aliphatic heterocycles. The number of morpholine rings is 1. The zero-order valence-electron chi connectivity index (χ0n) is 16.0. The molecule has 1 aliphatic rings. The molecule has 3 rings (SSSR count). The lowest BCUT2D eigenvalue weighted by molar-refractivity contribution is -0.00875. The van der Waals surface area contributed by atoms with Crippen LogP contribution >= 0.6 is 0 Å². The Bertz CT molecular complexity index is 676. The molecule has 0 spiro atoms. The van der Waals surface area contributed by atoms with E-state index in [1.165, 1.54) is 0 Å². The predicted molar refractivity (Wildman–Crippen MR) is 106 cm³/mol. The van der Waals surface area contributed by atoms with Gasteiger partial charge in [-0.05, 0) is 31.5 Å². The van der Waals surface area contributed by atoms with Crippen molar-refractivity contribution >= 4 is 6.03 Å². The number of urea groups is 1. The summed E-state index contributed by atoms with van der Waals surface area (Å²) in [6, 6.07) is 15.1. The van der Waals surface area contributed by atoms with Crippen LogP contribution in [0.5, 0.6) is 0 Å². The van der Waals surface area contributed by atoms with E-state index in [2.05, 4.69) is 34.4 Å². The summed E-state index contributed by atoms with van der Waals surface area (Å²) in [5, 5.41) is 6.10. The molecule has 2 N–H and O–H groups in total. The van der Waals surface area contributed by atoms with Gasteiger partial charge in [0, 0.05) is 31.4 Å². The number of carbonyl (C=O) groups excluding carboxylic acids is 1. The number of hydrogen-bond acceptors (Lipinski definition) is 4. The van der Waals surface area contributed by atoms with Crippen LogP contribution < -0.4 is 10.6 Å². The Hall–Kier alpha value is -2.44. The first kappa shape index (κ1) is 19.3. The number of rotatable bonds is 6. The molecule has 1 unspecified atom stereocenters. The molecule has 1 aromatic heterocycles. The fourth-order valence-electron chi connectivity index (χ4n) is 3.28. The third-order valence-corrected chi connectivity index (χ3v) is 4.94. The van der Waals surface area contributed by atoms with E-state index in [0.717, 1.165) is 37.6 Å². The van der Waals surface area contributed by atoms with Gasteiger partial charge in [-0.15, -0.1) is 0 Å². The highest BCUT2D eigenvalue weighted by atomic mass is 16.5. The van der Waals surface area contributed by atoms with Crippen molar-refractivity contribution in [2.45, 2.75) is 25.4 Å². The molecule has 1 saturated heterocycles. The number of ether oxygens (including phenoxy) is 1. The summed E-state index contributed by atoms with van der Waals surface area (Å²) in [5.74, 6) is 0. The van der Waals surface area contributed by atoms with Crippen molar-refractivity contribution in [1.82, 2.24) is 20.5 Å². The van der Waals surface area contributed by atoms with Gasteiger partial charge < -0.3 is 15.4 Å². The van der Waals surface area contributed by atoms with Crippen LogP contribution in [0.15, 0.2) is 54.7 Å². The molecule has 1 aromatic carbocycles. The molecule has 27 heavy (non-hydrogen) atoms. The van der Waals surface area contributed by atoms with E-state index < -0.39 is 0 Å². The molecular weight excluding hydrogens is 340 g/mol. The monoisotopic (exact) mass is 368 g/mol. The van der Waals surface area contributed by atoms with E-state index in [4.69, 9.17) is 4.74 Å². The second-order valence-corrected chi connectivity index (χ2v) is 7.34. The molecule has 2 aromatic rings. The van der Waals surface area contributed by atoms with Crippen molar-refractivity contribution in [3.05, 3.63) is 66.0 Å². The fourth-order valence-corrected chi connectivity index (χ4v) is 3.28. The van der Waals surface area contributed by atoms with Crippen LogP contribution in [0.3, 0.4) is 0 Å². The Morgan fingerprint density at radius 3 is 2.52 bits per heavy atom. The quantitative estimate of drug-likeness (QED) is 0.822. The van der Waals surface area contributed by atoms with Crippen molar-refractivity contribution in [2.75, 3.05) is 32.8 Å². The average Bonchev–Trinajstić information content (AvgIpc) is 2.72. The van der Waals surface area contributed by atoms with Crippen molar-refractivity contribution in [3.8, 4) is 0 Å². The minimum atomic E-state index is -0.293. The third-order valence-electron chi connectivity index (χ3n) is 4.94. The summed E-state index contributed by atoms with van der Waals surface area (Å²) in [6.45, 7) is 8.10. The van der Waals surface area contributed by atoms with Crippen LogP contribution in [0.1, 0.15) is 31.1 Å². The van der Waals surface area contributed by atoms with Crippen molar-refractivity contribution in [2.24, 2.45) is 0 Å². The molecule has 0 saturated carbocycles. The number of nitrogens with one attached hydrogen (secondary N) is 2. The zero-order valence-corrected chi connectivity index (χ0v) is 16.0. The van der Waals surface area contributed by atoms with Crippen LogP contribution in [-0.4, -0.2) is 54.3 Å². The third kappa shape index (κ3) is 5.28. The van der Waals surface area contributed by atoms with E-state index in [0.29, 0.717) is 6.54 Å². The Kier molecular flexibility index (Phi) is 6.42. The van der Waals surface area contributed by atoms with Gasteiger partial charge in [0.2, 0.25) is 0 Å². The molecule has 6 nitrogen and oxygen atoms in total. The van der Waals surface area contributed by atoms with E-state index >= 15 is 0 Å². The molecule has 0 radical (unpaired) electrons. The smallest absolute Gasteiger partial charge is 0.315 e. The van der Waals surface area contributed by atoms with Gasteiger partial charge in [-0.2, -0.15) is 0 Å². The lowest BCUT2D eigenvalue weighted by atomic mass is 10.0. The van der Waals surface area contributed by atoms with Crippen molar-refractivity contribution < 1.29 is 9.53 Å². The highest BCUT2D eigenvalue weighted by Crippen LogP contribution is 2.20. The summed E-state index contributed by atoms with van der Waals surface area (Å²) < 4.78 is 5.42. The number of amides is 2. The van der Waals surface area contributed by atoms with Gasteiger partial charge in [-0.25, -0.2) is 4.79 Å². The van der Waals surface area contributed by atoms with Crippen LogP contribution in [0.2, 0.25) is 0 Å². The highest BCUT2D eigenvalue weighted by molar-refractivity contribution is 5.75. The minimum Gasteiger partial charge on any atom is -0.379 e. The second-order valence-electron chi connectivity index (χ2n) is 7.34. The second kappa shape index (κ2) is 8.97. The topological polar surface area (TPSA) is 66.5 Å². The highest BCUT2D eigenvalue weighted by Gasteiger charge is 2.29. The molecule has 144 valence electrons. The number of nitrogens with zero attached hydrogens (tertiary/aromatic N) is 2. The Labute approximate surface area is 160 Å². The van der Waals surface area contributed by atoms with Gasteiger partial charge in [-0.1, -0.05) is 36.4 Å². The molecule has 1 fully saturated rings. The van der Waals surface area contributed by atoms with Crippen LogP contribution in [0, 0.1) is 0 Å². The first-order chi connectivity index (χ1) is 13.1. The predicted octanol–water partition coefficient (Wildman–Crippen LogP) is 2.58. The van der Waals surface area contributed by atoms with E-state index in [9.17, 15) is 4.79 Å². The first-order valence-electron chi connectivity index (χ1n) is 9.39. The largest absolute Gasteiger partial charge is 0.379 e. The van der Waals surface area contributed by atoms with Gasteiger partial charge in [0.1, 0.15) is 0 Å². The molecule has 1 atom stereocenters. The maximum absolute atomic E-state index is 12.6. The van der Waals surface area contributed by atoms with Crippen LogP contribution in [-0.2, 0) is 4.74 Å². The van der Waals surface area contributed by atoms with Gasteiger partial charge in [-0.3, -0.25) is 9.88 Å². The summed E-state index contributed by atoms with van der Waals surface area (Å²) in [6.07, 6.45) is 1.74. The maximum atomic E-state index is 12.6. The van der Waals surface area contributed by atoms with E-state index in [1.54, 1.807) is 6.20 Å². The normalized spacial score (nSPS) is 16.5. The Morgan fingerprint density at radius 2 is 1.85 bits per heavy atom. The minimum absolute atomic E-state index is 0.131. The fraction of sp³-hybridized carbons (Fsp3) is 0.429. The van der Waals surface area contributed by atoms with Gasteiger partial charge in [0.05, 0.1) is 24.9 Å². The molecule has 2 heterocycles. The number of benzene rings is 1. The molecule has 2 amide bonds. The summed E-state index contributed by atoms with van der Waals surface area (Å²) in [7, 11) is 0. The van der Waals surface area contributed by atoms with Gasteiger partial charge >= 0.3 is 6.03 Å². The first-order valence-corrected chi connectivity index (χ1v) is 9.39. The van der Waals surface area contributed by atoms with Crippen LogP contribution in [0.4, 0.5) is 4.79 Å². The molecule has 0 aliphatic carbocycles. The van der Waals surface area contributed by atoms with Crippen molar-refractivity contribution in [3.63, 3.8) is 0 Å². The lowest BCUT2D eigenvalue weighted by Gasteiger charge is -2.40. The van der Waals surface area contributed by atoms with Gasteiger partial charge in [0.15, 0.2) is 0 Å². The zero-order chi connectivity index (χ0) is 19.1. The Balaban J connectivity index is 1.64. The van der Waals surface area contributed by atoms with Gasteiger partial charge in [0.25, 0.3) is 0 Å². The Morgan fingerprint density at radius 1 is 1.15 bits per heavy atom. The number of aromatic nitrogens is 1. The number of hydrogen-bond donors (Lipinski definition) is 2. The SMILES string of the molecule is CC(C)(CNC(=O)NC(c1ccccc1)c1ccccn1)N1CCOCC1. The molecule has 6 heteroatoms. The standard InChI is InChI=1S/C21H28N4O2/c1-21(2,25-12-14-27-15-13-25)16-23-20(26)24-19(17-8-4-3-5-9-17)18-10-6-7-11-22-18/h3-11,19H,12-16H2,1-2H3,(H2,23,24,26). The van der Waals surface area contributed by atoms with E-state index in [1.807, 2.05) is 48.5 Å². The molecule has 0 bridgehead atoms. The van der Waals surface area contributed by atoms with Crippen LogP contribution in [0.25, 0.3) is 0 Å². The summed E-state index contributed by atoms with van der Waals surface area (Å²) in [5.41, 5.74) is 1.68. The number of carbonyl (C=O) groups is 1.